The number of piperidine rings is 1. The van der Waals surface area contributed by atoms with Gasteiger partial charge in [-0.25, -0.2) is 0 Å². The van der Waals surface area contributed by atoms with Crippen LogP contribution in [0, 0.1) is 35.5 Å². The van der Waals surface area contributed by atoms with Crippen LogP contribution >= 0.6 is 11.6 Å². The van der Waals surface area contributed by atoms with Crippen LogP contribution in [-0.2, 0) is 57.5 Å². The average Bonchev–Trinajstić information content (AvgIpc) is 1.74. The standard InChI is InChI=1S/C71H114ClF3N12O12/c1-44(2)36-54-62(92)77-52(38-46-24-20-25-46)64(94)81(7)42-59(90)79(5)43-60(91)83(9)55(39-47-22-14-12-15-23-47)66(96)80(6)41-57(88)76-51(30-28-48-27-29-49(50(72)37-48)71(73,74)75)65(95)87-35-21-26-53(87)63(93)78-70(31-16-17-32-70)69(99)85(11)61(45(3)4)68(98)84(10)56(40-58(89)82(54)8)67(97)86-33-18-13-19-34-86/h44-56,61H,12-43H2,1-11H3,(H,76,88)(H,77,92)(H,78,93)/t48?,49?,50?,51-,52-,53-,54-,55-,56-,61-/m0/s1. The highest BCUT2D eigenvalue weighted by molar-refractivity contribution is 6.21. The molecule has 0 aromatic rings. The van der Waals surface area contributed by atoms with E-state index >= 15 is 19.2 Å². The van der Waals surface area contributed by atoms with Gasteiger partial charge in [0.15, 0.2) is 0 Å². The Balaban J connectivity index is 1.25. The second-order valence-electron chi connectivity index (χ2n) is 30.8. The Morgan fingerprint density at radius 2 is 1.14 bits per heavy atom. The van der Waals surface area contributed by atoms with Crippen molar-refractivity contribution in [3.05, 3.63) is 0 Å². The Kier molecular flexibility index (Phi) is 28.7. The van der Waals surface area contributed by atoms with E-state index in [2.05, 4.69) is 16.0 Å². The van der Waals surface area contributed by atoms with Crippen LogP contribution in [0.4, 0.5) is 13.2 Å². The maximum absolute atomic E-state index is 15.4. The SMILES string of the molecule is CC(C)C[C@H]1C(=O)N[C@@H](CC2CCC2)C(=O)N(C)CC(=O)N(C)CC(=O)N(C)[C@@H](CC2CCCCC2)C(=O)N(C)CC(=O)N[C@@H](CCC2CCC(C(F)(F)F)C(Cl)C2)C(=O)N2CCC[C@H]2C(=O)NC2(CCCC2)C(=O)N(C)[C@@H](C(C)C)C(=O)N(C)[C@H](C(=O)N2CCCCC2)CC(=O)N1C. The number of hydrogen-bond acceptors (Lipinski definition) is 12. The smallest absolute Gasteiger partial charge is 0.343 e. The van der Waals surface area contributed by atoms with Crippen LogP contribution in [0.1, 0.15) is 195 Å². The fourth-order valence-electron chi connectivity index (χ4n) is 16.2. The molecule has 10 atom stereocenters. The van der Waals surface area contributed by atoms with Crippen LogP contribution in [0.5, 0.6) is 0 Å². The second-order valence-corrected chi connectivity index (χ2v) is 31.4. The Hall–Kier alpha value is -6.28. The molecular weight excluding hydrogens is 1310 g/mol. The summed E-state index contributed by atoms with van der Waals surface area (Å²) in [6, 6.07) is -8.53. The van der Waals surface area contributed by atoms with Crippen molar-refractivity contribution in [2.45, 2.75) is 254 Å². The Morgan fingerprint density at radius 1 is 0.545 bits per heavy atom. The predicted octanol–water partition coefficient (Wildman–Crippen LogP) is 5.70. The number of likely N-dealkylation sites (N-methyl/N-ethyl adjacent to an activating group) is 7. The van der Waals surface area contributed by atoms with E-state index in [0.717, 1.165) is 67.6 Å². The lowest BCUT2D eigenvalue weighted by molar-refractivity contribution is -0.182. The maximum atomic E-state index is 15.4. The number of carbonyl (C=O) groups is 12. The molecule has 3 unspecified atom stereocenters. The Labute approximate surface area is 588 Å². The minimum Gasteiger partial charge on any atom is -0.343 e. The van der Waals surface area contributed by atoms with Gasteiger partial charge < -0.3 is 60.0 Å². The summed E-state index contributed by atoms with van der Waals surface area (Å²) in [5.74, 6) is -10.2. The summed E-state index contributed by atoms with van der Waals surface area (Å²) in [5, 5.41) is 7.60. The van der Waals surface area contributed by atoms with Crippen molar-refractivity contribution in [3.8, 4) is 0 Å². The molecule has 4 saturated carbocycles. The zero-order valence-electron chi connectivity index (χ0n) is 60.6. The minimum absolute atomic E-state index is 0.00115. The molecule has 0 aromatic carbocycles. The molecule has 99 heavy (non-hydrogen) atoms. The molecule has 7 aliphatic rings. The van der Waals surface area contributed by atoms with E-state index in [1.807, 2.05) is 13.8 Å². The number of nitrogens with one attached hydrogen (secondary N) is 3. The van der Waals surface area contributed by atoms with E-state index in [0.29, 0.717) is 45.2 Å². The van der Waals surface area contributed by atoms with Gasteiger partial charge in [0.2, 0.25) is 70.9 Å². The summed E-state index contributed by atoms with van der Waals surface area (Å²) in [7, 11) is 10.0. The van der Waals surface area contributed by atoms with Crippen LogP contribution in [0.2, 0.25) is 0 Å². The molecule has 4 aliphatic carbocycles. The van der Waals surface area contributed by atoms with E-state index in [-0.39, 0.29) is 101 Å². The topological polar surface area (TPSA) is 270 Å². The summed E-state index contributed by atoms with van der Waals surface area (Å²) < 4.78 is 42.0. The summed E-state index contributed by atoms with van der Waals surface area (Å²) >= 11 is 6.39. The van der Waals surface area contributed by atoms with Crippen molar-refractivity contribution in [1.82, 2.24) is 60.0 Å². The van der Waals surface area contributed by atoms with Crippen molar-refractivity contribution in [1.29, 1.82) is 0 Å². The van der Waals surface area contributed by atoms with Gasteiger partial charge in [0, 0.05) is 74.3 Å². The first-order chi connectivity index (χ1) is 46.6. The fourth-order valence-corrected chi connectivity index (χ4v) is 16.8. The van der Waals surface area contributed by atoms with Crippen LogP contribution in [0.25, 0.3) is 0 Å². The van der Waals surface area contributed by atoms with Crippen molar-refractivity contribution in [2.75, 3.05) is 88.6 Å². The third kappa shape index (κ3) is 20.5. The lowest BCUT2D eigenvalue weighted by Gasteiger charge is -2.42. The molecule has 0 bridgehead atoms. The molecule has 24 nitrogen and oxygen atoms in total. The normalized spacial score (nSPS) is 29.8. The van der Waals surface area contributed by atoms with Crippen LogP contribution in [-0.4, -0.2) is 263 Å². The van der Waals surface area contributed by atoms with Gasteiger partial charge in [-0.05, 0) is 126 Å². The number of halogens is 4. The number of carbonyl (C=O) groups excluding carboxylic acids is 12. The number of nitrogens with zero attached hydrogens (tertiary/aromatic N) is 9. The molecule has 3 saturated heterocycles. The zero-order chi connectivity index (χ0) is 73.0. The predicted molar refractivity (Wildman–Crippen MR) is 365 cm³/mol. The van der Waals surface area contributed by atoms with Gasteiger partial charge in [0.05, 0.1) is 32.0 Å². The van der Waals surface area contributed by atoms with E-state index in [1.165, 1.54) is 78.7 Å². The molecule has 3 N–H and O–H groups in total. The lowest BCUT2D eigenvalue weighted by Crippen LogP contribution is -2.65. The number of fused-ring (bicyclic) bond motifs is 1. The molecule has 558 valence electrons. The van der Waals surface area contributed by atoms with E-state index in [4.69, 9.17) is 11.6 Å². The third-order valence-corrected chi connectivity index (χ3v) is 23.1. The molecular formula is C71H114ClF3N12O12. The first-order valence-electron chi connectivity index (χ1n) is 36.6. The van der Waals surface area contributed by atoms with Gasteiger partial charge >= 0.3 is 6.18 Å². The molecule has 0 radical (unpaired) electrons. The minimum atomic E-state index is -4.51. The highest BCUT2D eigenvalue weighted by Gasteiger charge is 2.52. The van der Waals surface area contributed by atoms with Gasteiger partial charge in [0.25, 0.3) is 0 Å². The van der Waals surface area contributed by atoms with Gasteiger partial charge in [-0.1, -0.05) is 91.9 Å². The first kappa shape index (κ1) is 80.0. The second kappa shape index (κ2) is 35.5. The summed E-state index contributed by atoms with van der Waals surface area (Å²) in [6.45, 7) is 6.48. The van der Waals surface area contributed by atoms with Crippen LogP contribution in [0.3, 0.4) is 0 Å². The number of rotatable bonds is 11. The number of likely N-dealkylation sites (tertiary alicyclic amines) is 1. The van der Waals surface area contributed by atoms with Crippen molar-refractivity contribution < 1.29 is 70.7 Å². The molecule has 0 aromatic heterocycles. The van der Waals surface area contributed by atoms with E-state index in [9.17, 15) is 51.5 Å². The van der Waals surface area contributed by atoms with Crippen LogP contribution < -0.4 is 16.0 Å². The molecule has 7 rings (SSSR count). The summed E-state index contributed by atoms with van der Waals surface area (Å²) in [5.41, 5.74) is -1.56. The van der Waals surface area contributed by atoms with E-state index in [1.54, 1.807) is 18.7 Å². The number of alkyl halides is 4. The average molecular weight is 1420 g/mol. The monoisotopic (exact) mass is 1420 g/mol. The van der Waals surface area contributed by atoms with Crippen LogP contribution in [0.15, 0.2) is 0 Å². The zero-order valence-corrected chi connectivity index (χ0v) is 61.4. The fraction of sp³-hybridized carbons (Fsp3) is 0.831. The van der Waals surface area contributed by atoms with Gasteiger partial charge in [0.1, 0.15) is 47.8 Å². The Bertz CT molecular complexity index is 2880. The van der Waals surface area contributed by atoms with Gasteiger partial charge in [-0.15, -0.1) is 11.6 Å². The van der Waals surface area contributed by atoms with Crippen molar-refractivity contribution in [3.63, 3.8) is 0 Å². The first-order valence-corrected chi connectivity index (χ1v) is 37.1. The highest BCUT2D eigenvalue weighted by atomic mass is 35.5. The Morgan fingerprint density at radius 3 is 1.74 bits per heavy atom. The molecule has 12 amide bonds. The highest BCUT2D eigenvalue weighted by Crippen LogP contribution is 2.44. The third-order valence-electron chi connectivity index (χ3n) is 22.6. The summed E-state index contributed by atoms with van der Waals surface area (Å²) in [4.78, 5) is 190. The molecule has 3 aliphatic heterocycles. The van der Waals surface area contributed by atoms with Crippen molar-refractivity contribution in [2.24, 2.45) is 35.5 Å². The maximum Gasteiger partial charge on any atom is 0.393 e. The molecule has 3 heterocycles. The largest absolute Gasteiger partial charge is 0.393 e. The lowest BCUT2D eigenvalue weighted by atomic mass is 9.78. The summed E-state index contributed by atoms with van der Waals surface area (Å²) in [6.07, 6.45) is 6.72. The molecule has 7 fully saturated rings. The quantitative estimate of drug-likeness (QED) is 0.210. The van der Waals surface area contributed by atoms with Crippen molar-refractivity contribution >= 4 is 82.5 Å². The van der Waals surface area contributed by atoms with E-state index < -0.39 is 168 Å². The van der Waals surface area contributed by atoms with Gasteiger partial charge in [-0.2, -0.15) is 13.2 Å². The number of amides is 12. The number of hydrogen-bond donors (Lipinski definition) is 3. The molecule has 28 heteroatoms. The van der Waals surface area contributed by atoms with Gasteiger partial charge in [-0.3, -0.25) is 57.5 Å². The molecule has 1 spiro atoms.